The van der Waals surface area contributed by atoms with Crippen molar-refractivity contribution < 1.29 is 4.79 Å². The molecule has 1 aliphatic heterocycles. The molecule has 1 aliphatic rings. The van der Waals surface area contributed by atoms with Crippen molar-refractivity contribution in [3.63, 3.8) is 0 Å². The summed E-state index contributed by atoms with van der Waals surface area (Å²) in [4.78, 5) is 16.8. The Kier molecular flexibility index (Phi) is 6.16. The van der Waals surface area contributed by atoms with E-state index in [2.05, 4.69) is 34.5 Å². The topological polar surface area (TPSA) is 35.6 Å². The molecule has 0 radical (unpaired) electrons. The fourth-order valence-corrected chi connectivity index (χ4v) is 3.48. The van der Waals surface area contributed by atoms with Crippen molar-refractivity contribution in [1.29, 1.82) is 0 Å². The zero-order valence-electron chi connectivity index (χ0n) is 15.8. The van der Waals surface area contributed by atoms with Crippen molar-refractivity contribution >= 4 is 23.0 Å². The van der Waals surface area contributed by atoms with Crippen LogP contribution in [-0.4, -0.2) is 32.1 Å². The normalized spacial score (nSPS) is 15.8. The van der Waals surface area contributed by atoms with Crippen LogP contribution in [0.5, 0.6) is 0 Å². The molecule has 0 aliphatic carbocycles. The number of nitrogens with zero attached hydrogens (tertiary/aromatic N) is 2. The summed E-state index contributed by atoms with van der Waals surface area (Å²) < 4.78 is 0. The van der Waals surface area contributed by atoms with Crippen molar-refractivity contribution in [2.45, 2.75) is 38.6 Å². The monoisotopic (exact) mass is 351 g/mol. The maximum absolute atomic E-state index is 12.7. The van der Waals surface area contributed by atoms with Gasteiger partial charge in [0.25, 0.3) is 0 Å². The van der Waals surface area contributed by atoms with Gasteiger partial charge < -0.3 is 15.1 Å². The maximum atomic E-state index is 12.7. The second-order valence-corrected chi connectivity index (χ2v) is 7.05. The van der Waals surface area contributed by atoms with Crippen LogP contribution in [0.2, 0.25) is 0 Å². The molecule has 1 amide bonds. The van der Waals surface area contributed by atoms with Crippen LogP contribution in [0.25, 0.3) is 0 Å². The van der Waals surface area contributed by atoms with Crippen LogP contribution in [0, 0.1) is 0 Å². The molecule has 3 rings (SSSR count). The summed E-state index contributed by atoms with van der Waals surface area (Å²) in [6, 6.07) is 17.9. The smallest absolute Gasteiger partial charge is 0.248 e. The van der Waals surface area contributed by atoms with E-state index in [4.69, 9.17) is 0 Å². The highest BCUT2D eigenvalue weighted by molar-refractivity contribution is 5.98. The molecule has 138 valence electrons. The number of carbonyl (C=O) groups excluding carboxylic acids is 1. The fraction of sp³-hybridized carbons (Fsp3) is 0.409. The highest BCUT2D eigenvalue weighted by Gasteiger charge is 2.18. The third kappa shape index (κ3) is 4.57. The molecule has 1 saturated heterocycles. The zero-order valence-corrected chi connectivity index (χ0v) is 15.8. The average molecular weight is 351 g/mol. The van der Waals surface area contributed by atoms with Crippen molar-refractivity contribution in [3.05, 3.63) is 54.6 Å². The quantitative estimate of drug-likeness (QED) is 0.859. The van der Waals surface area contributed by atoms with Gasteiger partial charge in [-0.05, 0) is 56.2 Å². The Hall–Kier alpha value is -2.49. The van der Waals surface area contributed by atoms with Gasteiger partial charge in [0, 0.05) is 37.2 Å². The van der Waals surface area contributed by atoms with Gasteiger partial charge in [0.1, 0.15) is 6.04 Å². The van der Waals surface area contributed by atoms with E-state index in [9.17, 15) is 4.79 Å². The molecule has 1 fully saturated rings. The summed E-state index contributed by atoms with van der Waals surface area (Å²) in [5.41, 5.74) is 3.16. The summed E-state index contributed by atoms with van der Waals surface area (Å²) in [7, 11) is 1.82. The third-order valence-electron chi connectivity index (χ3n) is 5.07. The largest absolute Gasteiger partial charge is 0.374 e. The van der Waals surface area contributed by atoms with Crippen LogP contribution in [0.1, 0.15) is 32.6 Å². The van der Waals surface area contributed by atoms with E-state index >= 15 is 0 Å². The second-order valence-electron chi connectivity index (χ2n) is 7.05. The second kappa shape index (κ2) is 8.75. The maximum Gasteiger partial charge on any atom is 0.248 e. The SMILES string of the molecule is C[C@@H](Nc1ccc(N2CCCCCC2)cc1)C(=O)N(C)c1ccccc1. The lowest BCUT2D eigenvalue weighted by molar-refractivity contribution is -0.118. The fourth-order valence-electron chi connectivity index (χ4n) is 3.48. The summed E-state index contributed by atoms with van der Waals surface area (Å²) in [6.45, 7) is 4.19. The van der Waals surface area contributed by atoms with Gasteiger partial charge in [-0.15, -0.1) is 0 Å². The van der Waals surface area contributed by atoms with Gasteiger partial charge in [-0.2, -0.15) is 0 Å². The van der Waals surface area contributed by atoms with E-state index in [0.29, 0.717) is 0 Å². The molecule has 2 aromatic carbocycles. The molecule has 0 spiro atoms. The predicted molar refractivity (Wildman–Crippen MR) is 110 cm³/mol. The van der Waals surface area contributed by atoms with Crippen LogP contribution in [0.3, 0.4) is 0 Å². The Balaban J connectivity index is 1.60. The van der Waals surface area contributed by atoms with E-state index in [0.717, 1.165) is 24.5 Å². The van der Waals surface area contributed by atoms with E-state index in [-0.39, 0.29) is 11.9 Å². The molecule has 2 aromatic rings. The summed E-state index contributed by atoms with van der Waals surface area (Å²) in [5, 5.41) is 3.33. The molecule has 4 heteroatoms. The number of carbonyl (C=O) groups is 1. The number of hydrogen-bond donors (Lipinski definition) is 1. The molecule has 0 bridgehead atoms. The zero-order chi connectivity index (χ0) is 18.4. The van der Waals surface area contributed by atoms with Gasteiger partial charge in [-0.3, -0.25) is 4.79 Å². The number of benzene rings is 2. The van der Waals surface area contributed by atoms with Crippen molar-refractivity contribution in [3.8, 4) is 0 Å². The van der Waals surface area contributed by atoms with E-state index in [1.807, 2.05) is 44.3 Å². The number of hydrogen-bond acceptors (Lipinski definition) is 3. The van der Waals surface area contributed by atoms with Gasteiger partial charge in [-0.1, -0.05) is 31.0 Å². The molecule has 26 heavy (non-hydrogen) atoms. The molecule has 0 saturated carbocycles. The number of anilines is 3. The summed E-state index contributed by atoms with van der Waals surface area (Å²) in [5.74, 6) is 0.0489. The number of nitrogens with one attached hydrogen (secondary N) is 1. The van der Waals surface area contributed by atoms with Gasteiger partial charge in [-0.25, -0.2) is 0 Å². The molecule has 1 atom stereocenters. The first-order valence-corrected chi connectivity index (χ1v) is 9.59. The predicted octanol–water partition coefficient (Wildman–Crippen LogP) is 4.53. The molecule has 0 unspecified atom stereocenters. The third-order valence-corrected chi connectivity index (χ3v) is 5.07. The number of para-hydroxylation sites is 1. The standard InChI is InChI=1S/C22H29N3O/c1-18(22(26)24(2)20-10-6-5-7-11-20)23-19-12-14-21(15-13-19)25-16-8-3-4-9-17-25/h5-7,10-15,18,23H,3-4,8-9,16-17H2,1-2H3/t18-/m1/s1. The number of amides is 1. The molecule has 1 heterocycles. The van der Waals surface area contributed by atoms with Crippen molar-refractivity contribution in [1.82, 2.24) is 0 Å². The summed E-state index contributed by atoms with van der Waals surface area (Å²) >= 11 is 0. The average Bonchev–Trinajstić information content (AvgIpc) is 2.97. The molecular weight excluding hydrogens is 322 g/mol. The Morgan fingerprint density at radius 1 is 0.962 bits per heavy atom. The first kappa shape index (κ1) is 18.3. The van der Waals surface area contributed by atoms with E-state index in [1.54, 1.807) is 4.90 Å². The Bertz CT molecular complexity index is 691. The Morgan fingerprint density at radius 3 is 2.19 bits per heavy atom. The molecule has 1 N–H and O–H groups in total. The van der Waals surface area contributed by atoms with Gasteiger partial charge in [0.15, 0.2) is 0 Å². The Morgan fingerprint density at radius 2 is 1.58 bits per heavy atom. The van der Waals surface area contributed by atoms with Crippen LogP contribution >= 0.6 is 0 Å². The first-order chi connectivity index (χ1) is 12.6. The number of likely N-dealkylation sites (N-methyl/N-ethyl adjacent to an activating group) is 1. The van der Waals surface area contributed by atoms with Crippen LogP contribution < -0.4 is 15.1 Å². The van der Waals surface area contributed by atoms with Gasteiger partial charge >= 0.3 is 0 Å². The van der Waals surface area contributed by atoms with Crippen molar-refractivity contribution in [2.24, 2.45) is 0 Å². The lowest BCUT2D eigenvalue weighted by Crippen LogP contribution is -2.39. The van der Waals surface area contributed by atoms with Crippen molar-refractivity contribution in [2.75, 3.05) is 35.3 Å². The Labute approximate surface area is 156 Å². The van der Waals surface area contributed by atoms with Crippen LogP contribution in [-0.2, 0) is 4.79 Å². The lowest BCUT2D eigenvalue weighted by atomic mass is 10.2. The lowest BCUT2D eigenvalue weighted by Gasteiger charge is -2.24. The minimum absolute atomic E-state index is 0.0489. The van der Waals surface area contributed by atoms with Gasteiger partial charge in [0.05, 0.1) is 0 Å². The van der Waals surface area contributed by atoms with E-state index in [1.165, 1.54) is 31.4 Å². The highest BCUT2D eigenvalue weighted by Crippen LogP contribution is 2.22. The van der Waals surface area contributed by atoms with Gasteiger partial charge in [0.2, 0.25) is 5.91 Å². The van der Waals surface area contributed by atoms with Crippen LogP contribution in [0.4, 0.5) is 17.1 Å². The highest BCUT2D eigenvalue weighted by atomic mass is 16.2. The summed E-state index contributed by atoms with van der Waals surface area (Å²) in [6.07, 6.45) is 5.23. The number of rotatable bonds is 5. The molecule has 4 nitrogen and oxygen atoms in total. The van der Waals surface area contributed by atoms with Crippen LogP contribution in [0.15, 0.2) is 54.6 Å². The minimum atomic E-state index is -0.288. The molecule has 0 aromatic heterocycles. The first-order valence-electron chi connectivity index (χ1n) is 9.59. The minimum Gasteiger partial charge on any atom is -0.374 e. The molecular formula is C22H29N3O. The van der Waals surface area contributed by atoms with E-state index < -0.39 is 0 Å².